The highest BCUT2D eigenvalue weighted by Crippen LogP contribution is 2.37. The zero-order chi connectivity index (χ0) is 19.0. The molecule has 0 aliphatic heterocycles. The topological polar surface area (TPSA) is 65.7 Å². The first-order valence-corrected chi connectivity index (χ1v) is 9.49. The number of fused-ring (bicyclic) bond motifs is 1. The predicted molar refractivity (Wildman–Crippen MR) is 112 cm³/mol. The summed E-state index contributed by atoms with van der Waals surface area (Å²) in [4.78, 5) is 8.94. The first-order chi connectivity index (χ1) is 13.0. The van der Waals surface area contributed by atoms with E-state index in [1.54, 1.807) is 24.3 Å². The van der Waals surface area contributed by atoms with Crippen LogP contribution in [0.3, 0.4) is 0 Å². The van der Waals surface area contributed by atoms with Gasteiger partial charge in [-0.3, -0.25) is 4.99 Å². The lowest BCUT2D eigenvalue weighted by Crippen LogP contribution is -1.84. The van der Waals surface area contributed by atoms with Crippen molar-refractivity contribution >= 4 is 56.7 Å². The molecule has 1 heterocycles. The third kappa shape index (κ3) is 3.62. The number of phenols is 2. The maximum Gasteiger partial charge on any atom is 0.143 e. The van der Waals surface area contributed by atoms with Crippen LogP contribution in [-0.4, -0.2) is 21.4 Å². The molecule has 0 saturated heterocycles. The third-order valence-corrected chi connectivity index (χ3v) is 5.49. The number of thiazole rings is 1. The Kier molecular flexibility index (Phi) is 4.74. The summed E-state index contributed by atoms with van der Waals surface area (Å²) in [5.41, 5.74) is 2.48. The van der Waals surface area contributed by atoms with Gasteiger partial charge < -0.3 is 10.2 Å². The zero-order valence-electron chi connectivity index (χ0n) is 13.7. The lowest BCUT2D eigenvalue weighted by Gasteiger charge is -2.04. The fraction of sp³-hybridized carbons (Fsp3) is 0. The summed E-state index contributed by atoms with van der Waals surface area (Å²) in [7, 11) is 0. The molecule has 2 N–H and O–H groups in total. The summed E-state index contributed by atoms with van der Waals surface area (Å²) in [6.07, 6.45) is 1.47. The summed E-state index contributed by atoms with van der Waals surface area (Å²) in [6.45, 7) is 0. The molecule has 4 aromatic rings. The number of aromatic hydroxyl groups is 2. The van der Waals surface area contributed by atoms with Crippen LogP contribution in [0, 0.1) is 0 Å². The normalized spacial score (nSPS) is 11.5. The quantitative estimate of drug-likeness (QED) is 0.379. The van der Waals surface area contributed by atoms with Crippen LogP contribution in [0.1, 0.15) is 5.56 Å². The molecule has 0 fully saturated rings. The van der Waals surface area contributed by atoms with Crippen molar-refractivity contribution in [1.29, 1.82) is 0 Å². The van der Waals surface area contributed by atoms with E-state index in [-0.39, 0.29) is 16.5 Å². The number of halogens is 2. The minimum Gasteiger partial charge on any atom is -0.507 e. The number of aliphatic imine (C=N–C) groups is 1. The minimum absolute atomic E-state index is 0.0880. The molecule has 0 spiro atoms. The monoisotopic (exact) mass is 414 g/mol. The Morgan fingerprint density at radius 1 is 1.00 bits per heavy atom. The number of benzene rings is 3. The molecule has 3 aromatic carbocycles. The summed E-state index contributed by atoms with van der Waals surface area (Å²) >= 11 is 13.4. The molecule has 7 heteroatoms. The van der Waals surface area contributed by atoms with Crippen LogP contribution >= 0.6 is 34.5 Å². The second-order valence-electron chi connectivity index (χ2n) is 5.77. The van der Waals surface area contributed by atoms with Gasteiger partial charge in [-0.1, -0.05) is 35.3 Å². The van der Waals surface area contributed by atoms with Crippen LogP contribution in [0.4, 0.5) is 5.69 Å². The van der Waals surface area contributed by atoms with Crippen molar-refractivity contribution in [1.82, 2.24) is 4.98 Å². The van der Waals surface area contributed by atoms with E-state index in [4.69, 9.17) is 23.2 Å². The largest absolute Gasteiger partial charge is 0.507 e. The van der Waals surface area contributed by atoms with E-state index in [2.05, 4.69) is 9.98 Å². The van der Waals surface area contributed by atoms with Gasteiger partial charge in [0.25, 0.3) is 0 Å². The van der Waals surface area contributed by atoms with Crippen molar-refractivity contribution < 1.29 is 10.2 Å². The zero-order valence-corrected chi connectivity index (χ0v) is 16.1. The first kappa shape index (κ1) is 17.8. The molecule has 134 valence electrons. The van der Waals surface area contributed by atoms with Gasteiger partial charge in [0.05, 0.1) is 26.5 Å². The Labute approximate surface area is 169 Å². The van der Waals surface area contributed by atoms with E-state index >= 15 is 0 Å². The Balaban J connectivity index is 1.72. The molecule has 0 aliphatic rings. The van der Waals surface area contributed by atoms with Crippen LogP contribution in [-0.2, 0) is 0 Å². The molecular weight excluding hydrogens is 403 g/mol. The summed E-state index contributed by atoms with van der Waals surface area (Å²) in [6, 6.07) is 15.8. The van der Waals surface area contributed by atoms with Crippen LogP contribution < -0.4 is 0 Å². The van der Waals surface area contributed by atoms with Crippen molar-refractivity contribution in [2.45, 2.75) is 0 Å². The molecule has 0 aliphatic carbocycles. The van der Waals surface area contributed by atoms with Crippen molar-refractivity contribution in [3.63, 3.8) is 0 Å². The predicted octanol–water partition coefficient (Wildman–Crippen LogP) is 6.43. The molecule has 0 bridgehead atoms. The Morgan fingerprint density at radius 3 is 2.63 bits per heavy atom. The SMILES string of the molecule is Oc1ccc(N=Cc2cc(Cl)cc(Cl)c2O)cc1-c1nc2ccccc2s1. The van der Waals surface area contributed by atoms with E-state index < -0.39 is 0 Å². The van der Waals surface area contributed by atoms with Crippen molar-refractivity contribution in [3.05, 3.63) is 70.2 Å². The Morgan fingerprint density at radius 2 is 1.81 bits per heavy atom. The number of phenolic OH excluding ortho intramolecular Hbond substituents is 2. The van der Waals surface area contributed by atoms with Crippen molar-refractivity contribution in [2.24, 2.45) is 4.99 Å². The minimum atomic E-state index is -0.0880. The maximum absolute atomic E-state index is 10.3. The number of nitrogens with zero attached hydrogens (tertiary/aromatic N) is 2. The summed E-state index contributed by atoms with van der Waals surface area (Å²) in [5.74, 6) is 0.0386. The number of aromatic nitrogens is 1. The van der Waals surface area contributed by atoms with Crippen LogP contribution in [0.2, 0.25) is 10.0 Å². The van der Waals surface area contributed by atoms with Gasteiger partial charge in [-0.25, -0.2) is 4.98 Å². The molecule has 4 rings (SSSR count). The lowest BCUT2D eigenvalue weighted by atomic mass is 10.2. The molecule has 1 aromatic heterocycles. The fourth-order valence-electron chi connectivity index (χ4n) is 2.59. The van der Waals surface area contributed by atoms with Gasteiger partial charge in [-0.15, -0.1) is 11.3 Å². The Hall–Kier alpha value is -2.60. The highest BCUT2D eigenvalue weighted by atomic mass is 35.5. The first-order valence-electron chi connectivity index (χ1n) is 7.92. The lowest BCUT2D eigenvalue weighted by molar-refractivity contribution is 0.474. The van der Waals surface area contributed by atoms with Gasteiger partial charge >= 0.3 is 0 Å². The molecule has 0 radical (unpaired) electrons. The van der Waals surface area contributed by atoms with Crippen LogP contribution in [0.15, 0.2) is 59.6 Å². The number of para-hydroxylation sites is 1. The average molecular weight is 415 g/mol. The highest BCUT2D eigenvalue weighted by Gasteiger charge is 2.11. The fourth-order valence-corrected chi connectivity index (χ4v) is 4.09. The standard InChI is InChI=1S/C20H12Cl2N2O2S/c21-12-7-11(19(26)15(22)8-12)10-23-13-5-6-17(25)14(9-13)20-24-16-3-1-2-4-18(16)27-20/h1-10,25-26H. The van der Waals surface area contributed by atoms with Gasteiger partial charge in [-0.05, 0) is 42.5 Å². The smallest absolute Gasteiger partial charge is 0.143 e. The molecule has 27 heavy (non-hydrogen) atoms. The highest BCUT2D eigenvalue weighted by molar-refractivity contribution is 7.21. The van der Waals surface area contributed by atoms with E-state index in [0.717, 1.165) is 10.2 Å². The number of hydrogen-bond acceptors (Lipinski definition) is 5. The van der Waals surface area contributed by atoms with Crippen LogP contribution in [0.5, 0.6) is 11.5 Å². The number of hydrogen-bond donors (Lipinski definition) is 2. The average Bonchev–Trinajstić information content (AvgIpc) is 3.08. The van der Waals surface area contributed by atoms with Gasteiger partial charge in [0.1, 0.15) is 16.5 Å². The van der Waals surface area contributed by atoms with Gasteiger partial charge in [0, 0.05) is 16.8 Å². The second-order valence-corrected chi connectivity index (χ2v) is 7.65. The number of rotatable bonds is 3. The van der Waals surface area contributed by atoms with Gasteiger partial charge in [0.15, 0.2) is 0 Å². The van der Waals surface area contributed by atoms with E-state index in [9.17, 15) is 10.2 Å². The van der Waals surface area contributed by atoms with E-state index in [1.807, 2.05) is 24.3 Å². The molecule has 0 unspecified atom stereocenters. The molecule has 0 saturated carbocycles. The van der Waals surface area contributed by atoms with Crippen molar-refractivity contribution in [2.75, 3.05) is 0 Å². The van der Waals surface area contributed by atoms with Crippen molar-refractivity contribution in [3.8, 4) is 22.1 Å². The molecule has 4 nitrogen and oxygen atoms in total. The van der Waals surface area contributed by atoms with Gasteiger partial charge in [-0.2, -0.15) is 0 Å². The molecular formula is C20H12Cl2N2O2S. The van der Waals surface area contributed by atoms with Crippen LogP contribution in [0.25, 0.3) is 20.8 Å². The Bertz CT molecular complexity index is 1160. The maximum atomic E-state index is 10.3. The third-order valence-electron chi connectivity index (χ3n) is 3.91. The summed E-state index contributed by atoms with van der Waals surface area (Å²) in [5, 5.41) is 21.6. The van der Waals surface area contributed by atoms with E-state index in [0.29, 0.717) is 26.8 Å². The van der Waals surface area contributed by atoms with E-state index in [1.165, 1.54) is 23.6 Å². The molecule has 0 atom stereocenters. The van der Waals surface area contributed by atoms with Gasteiger partial charge in [0.2, 0.25) is 0 Å². The summed E-state index contributed by atoms with van der Waals surface area (Å²) < 4.78 is 1.04. The molecule has 0 amide bonds. The second kappa shape index (κ2) is 7.19.